The summed E-state index contributed by atoms with van der Waals surface area (Å²) in [7, 11) is 0. The summed E-state index contributed by atoms with van der Waals surface area (Å²) < 4.78 is 17.0. The lowest BCUT2D eigenvalue weighted by Gasteiger charge is -2.38. The smallest absolute Gasteiger partial charge is 0.191 e. The topological polar surface area (TPSA) is 68.0 Å². The van der Waals surface area contributed by atoms with Crippen LogP contribution in [0.2, 0.25) is 0 Å². The van der Waals surface area contributed by atoms with Gasteiger partial charge in [-0.1, -0.05) is 0 Å². The van der Waals surface area contributed by atoms with Gasteiger partial charge in [0.2, 0.25) is 0 Å². The van der Waals surface area contributed by atoms with Gasteiger partial charge in [0.1, 0.15) is 5.76 Å². The lowest BCUT2D eigenvalue weighted by atomic mass is 9.90. The maximum Gasteiger partial charge on any atom is 0.191 e. The van der Waals surface area contributed by atoms with Crippen molar-refractivity contribution in [3.05, 3.63) is 24.2 Å². The van der Waals surface area contributed by atoms with Crippen LogP contribution in [0.15, 0.2) is 27.8 Å². The van der Waals surface area contributed by atoms with E-state index in [1.165, 1.54) is 12.2 Å². The zero-order chi connectivity index (χ0) is 18.8. The summed E-state index contributed by atoms with van der Waals surface area (Å²) in [6.45, 7) is 5.95. The van der Waals surface area contributed by atoms with Crippen LogP contribution in [0.5, 0.6) is 0 Å². The second-order valence-electron chi connectivity index (χ2n) is 7.21. The third-order valence-corrected chi connectivity index (χ3v) is 6.29. The minimum Gasteiger partial charge on any atom is -0.469 e. The van der Waals surface area contributed by atoms with Crippen molar-refractivity contribution in [1.29, 1.82) is 0 Å². The quantitative estimate of drug-likeness (QED) is 0.381. The monoisotopic (exact) mass is 395 g/mol. The maximum absolute atomic E-state index is 6.14. The number of nitrogens with one attached hydrogen (secondary N) is 2. The Balaban J connectivity index is 1.50. The summed E-state index contributed by atoms with van der Waals surface area (Å²) in [5.74, 6) is 4.22. The van der Waals surface area contributed by atoms with Crippen LogP contribution in [0.4, 0.5) is 0 Å². The summed E-state index contributed by atoms with van der Waals surface area (Å²) in [5.41, 5.74) is 0.0782. The van der Waals surface area contributed by atoms with Crippen molar-refractivity contribution in [2.75, 3.05) is 44.4 Å². The summed E-state index contributed by atoms with van der Waals surface area (Å²) in [6.07, 6.45) is 6.77. The summed E-state index contributed by atoms with van der Waals surface area (Å²) >= 11 is 2.01. The van der Waals surface area contributed by atoms with Crippen LogP contribution in [0, 0.1) is 0 Å². The molecule has 0 aromatic carbocycles. The van der Waals surface area contributed by atoms with E-state index in [4.69, 9.17) is 18.9 Å². The molecule has 27 heavy (non-hydrogen) atoms. The zero-order valence-corrected chi connectivity index (χ0v) is 17.2. The van der Waals surface area contributed by atoms with Gasteiger partial charge in [0.25, 0.3) is 0 Å². The highest BCUT2D eigenvalue weighted by molar-refractivity contribution is 7.99. The standard InChI is InChI=1S/C20H33N3O3S/c1-2-24-11-4-9-21-19(22-10-6-18-5-3-12-25-18)23-17-7-13-26-20(15-17)8-14-27-16-20/h3,5,12,17H,2,4,6-11,13-16H2,1H3,(H2,21,22,23). The van der Waals surface area contributed by atoms with E-state index in [0.717, 1.165) is 76.1 Å². The van der Waals surface area contributed by atoms with Gasteiger partial charge in [-0.05, 0) is 50.5 Å². The largest absolute Gasteiger partial charge is 0.469 e. The van der Waals surface area contributed by atoms with E-state index in [0.29, 0.717) is 6.04 Å². The van der Waals surface area contributed by atoms with Gasteiger partial charge in [0, 0.05) is 51.1 Å². The number of hydrogen-bond acceptors (Lipinski definition) is 5. The molecule has 1 aromatic rings. The van der Waals surface area contributed by atoms with Crippen LogP contribution in [-0.2, 0) is 15.9 Å². The number of aliphatic imine (C=N–C) groups is 1. The molecule has 3 heterocycles. The van der Waals surface area contributed by atoms with Crippen LogP contribution in [0.3, 0.4) is 0 Å². The Bertz CT molecular complexity index is 559. The van der Waals surface area contributed by atoms with Crippen molar-refractivity contribution in [3.63, 3.8) is 0 Å². The molecule has 6 nitrogen and oxygen atoms in total. The summed E-state index contributed by atoms with van der Waals surface area (Å²) in [6, 6.07) is 4.35. The van der Waals surface area contributed by atoms with E-state index in [1.54, 1.807) is 6.26 Å². The first kappa shape index (κ1) is 20.6. The molecule has 3 rings (SSSR count). The van der Waals surface area contributed by atoms with Gasteiger partial charge in [0.15, 0.2) is 5.96 Å². The number of furan rings is 1. The molecule has 152 valence electrons. The summed E-state index contributed by atoms with van der Waals surface area (Å²) in [5, 5.41) is 7.12. The molecular weight excluding hydrogens is 362 g/mol. The van der Waals surface area contributed by atoms with E-state index in [2.05, 4.69) is 10.6 Å². The molecule has 2 aliphatic heterocycles. The van der Waals surface area contributed by atoms with E-state index >= 15 is 0 Å². The SMILES string of the molecule is CCOCCCN=C(NCCc1ccco1)NC1CCOC2(CCSC2)C1. The lowest BCUT2D eigenvalue weighted by Crippen LogP contribution is -2.51. The molecule has 1 spiro atoms. The fourth-order valence-corrected chi connectivity index (χ4v) is 5.00. The molecule has 0 saturated carbocycles. The number of guanidine groups is 1. The maximum atomic E-state index is 6.14. The van der Waals surface area contributed by atoms with Gasteiger partial charge in [-0.3, -0.25) is 4.99 Å². The molecular formula is C20H33N3O3S. The van der Waals surface area contributed by atoms with Crippen LogP contribution >= 0.6 is 11.8 Å². The van der Waals surface area contributed by atoms with E-state index < -0.39 is 0 Å². The van der Waals surface area contributed by atoms with E-state index in [1.807, 2.05) is 30.8 Å². The minimum atomic E-state index is 0.0782. The second kappa shape index (κ2) is 11.0. The lowest BCUT2D eigenvalue weighted by molar-refractivity contribution is -0.0679. The van der Waals surface area contributed by atoms with Gasteiger partial charge in [-0.2, -0.15) is 11.8 Å². The molecule has 2 aliphatic rings. The van der Waals surface area contributed by atoms with Crippen molar-refractivity contribution >= 4 is 17.7 Å². The molecule has 0 amide bonds. The van der Waals surface area contributed by atoms with Crippen molar-refractivity contribution in [2.24, 2.45) is 4.99 Å². The van der Waals surface area contributed by atoms with Gasteiger partial charge in [0.05, 0.1) is 11.9 Å². The highest BCUT2D eigenvalue weighted by Gasteiger charge is 2.40. The van der Waals surface area contributed by atoms with Gasteiger partial charge >= 0.3 is 0 Å². The normalized spacial score (nSPS) is 25.8. The first-order valence-corrected chi connectivity index (χ1v) is 11.3. The first-order chi connectivity index (χ1) is 13.3. The van der Waals surface area contributed by atoms with Crippen LogP contribution in [0.25, 0.3) is 0 Å². The molecule has 0 bridgehead atoms. The van der Waals surface area contributed by atoms with Crippen LogP contribution < -0.4 is 10.6 Å². The number of nitrogens with zero attached hydrogens (tertiary/aromatic N) is 1. The average Bonchev–Trinajstić information content (AvgIpc) is 3.34. The minimum absolute atomic E-state index is 0.0782. The fourth-order valence-electron chi connectivity index (χ4n) is 3.62. The van der Waals surface area contributed by atoms with Gasteiger partial charge < -0.3 is 24.5 Å². The number of ether oxygens (including phenoxy) is 2. The molecule has 0 aliphatic carbocycles. The third kappa shape index (κ3) is 6.73. The third-order valence-electron chi connectivity index (χ3n) is 5.07. The number of rotatable bonds is 9. The highest BCUT2D eigenvalue weighted by Crippen LogP contribution is 2.38. The van der Waals surface area contributed by atoms with Gasteiger partial charge in [-0.15, -0.1) is 0 Å². The van der Waals surface area contributed by atoms with Crippen molar-refractivity contribution < 1.29 is 13.9 Å². The van der Waals surface area contributed by atoms with Crippen molar-refractivity contribution in [1.82, 2.24) is 10.6 Å². The molecule has 2 fully saturated rings. The van der Waals surface area contributed by atoms with Crippen molar-refractivity contribution in [2.45, 2.75) is 50.7 Å². The van der Waals surface area contributed by atoms with Gasteiger partial charge in [-0.25, -0.2) is 0 Å². The molecule has 1 aromatic heterocycles. The Morgan fingerprint density at radius 2 is 2.44 bits per heavy atom. The first-order valence-electron chi connectivity index (χ1n) is 10.2. The number of hydrogen-bond donors (Lipinski definition) is 2. The Hall–Kier alpha value is -1.18. The van der Waals surface area contributed by atoms with E-state index in [-0.39, 0.29) is 5.60 Å². The molecule has 7 heteroatoms. The average molecular weight is 396 g/mol. The second-order valence-corrected chi connectivity index (χ2v) is 8.31. The molecule has 2 atom stereocenters. The fraction of sp³-hybridized carbons (Fsp3) is 0.750. The zero-order valence-electron chi connectivity index (χ0n) is 16.4. The Labute approximate surface area is 166 Å². The molecule has 0 radical (unpaired) electrons. The Kier molecular flexibility index (Phi) is 8.35. The predicted octanol–water partition coefficient (Wildman–Crippen LogP) is 2.84. The number of thioether (sulfide) groups is 1. The molecule has 2 N–H and O–H groups in total. The Morgan fingerprint density at radius 1 is 1.48 bits per heavy atom. The highest BCUT2D eigenvalue weighted by atomic mass is 32.2. The summed E-state index contributed by atoms with van der Waals surface area (Å²) in [4.78, 5) is 4.76. The molecule has 2 unspecified atom stereocenters. The van der Waals surface area contributed by atoms with Crippen molar-refractivity contribution in [3.8, 4) is 0 Å². The van der Waals surface area contributed by atoms with E-state index in [9.17, 15) is 0 Å². The molecule has 2 saturated heterocycles. The van der Waals surface area contributed by atoms with Crippen LogP contribution in [-0.4, -0.2) is 62.0 Å². The predicted molar refractivity (Wildman–Crippen MR) is 111 cm³/mol. The van der Waals surface area contributed by atoms with Crippen LogP contribution in [0.1, 0.15) is 38.4 Å². The Morgan fingerprint density at radius 3 is 3.22 bits per heavy atom.